The molecular formula is C10H21NO. The SMILES string of the molecule is CCCCCCC(C)(C)NC=O. The highest BCUT2D eigenvalue weighted by Crippen LogP contribution is 2.13. The molecule has 12 heavy (non-hydrogen) atoms. The van der Waals surface area contributed by atoms with E-state index >= 15 is 0 Å². The van der Waals surface area contributed by atoms with Gasteiger partial charge in [0.2, 0.25) is 6.41 Å². The highest BCUT2D eigenvalue weighted by Gasteiger charge is 2.14. The number of nitrogens with one attached hydrogen (secondary N) is 1. The highest BCUT2D eigenvalue weighted by atomic mass is 16.1. The predicted molar refractivity (Wildman–Crippen MR) is 52.0 cm³/mol. The highest BCUT2D eigenvalue weighted by molar-refractivity contribution is 5.47. The predicted octanol–water partition coefficient (Wildman–Crippen LogP) is 2.48. The van der Waals surface area contributed by atoms with E-state index in [-0.39, 0.29) is 5.54 Å². The van der Waals surface area contributed by atoms with Gasteiger partial charge in [-0.1, -0.05) is 32.6 Å². The zero-order valence-corrected chi connectivity index (χ0v) is 8.52. The van der Waals surface area contributed by atoms with Crippen molar-refractivity contribution in [3.8, 4) is 0 Å². The maximum atomic E-state index is 10.2. The smallest absolute Gasteiger partial charge is 0.207 e. The molecule has 0 aromatic rings. The van der Waals surface area contributed by atoms with Crippen LogP contribution < -0.4 is 5.32 Å². The number of hydrogen-bond acceptors (Lipinski definition) is 1. The molecule has 2 nitrogen and oxygen atoms in total. The van der Waals surface area contributed by atoms with Gasteiger partial charge in [-0.3, -0.25) is 4.79 Å². The third kappa shape index (κ3) is 6.20. The molecule has 0 spiro atoms. The quantitative estimate of drug-likeness (QED) is 0.463. The average Bonchev–Trinajstić information content (AvgIpc) is 1.98. The summed E-state index contributed by atoms with van der Waals surface area (Å²) in [5.74, 6) is 0. The third-order valence-electron chi connectivity index (χ3n) is 2.10. The van der Waals surface area contributed by atoms with E-state index in [1.165, 1.54) is 25.7 Å². The monoisotopic (exact) mass is 171 g/mol. The van der Waals surface area contributed by atoms with E-state index in [9.17, 15) is 4.79 Å². The van der Waals surface area contributed by atoms with Crippen molar-refractivity contribution >= 4 is 6.41 Å². The summed E-state index contributed by atoms with van der Waals surface area (Å²) in [4.78, 5) is 10.2. The van der Waals surface area contributed by atoms with Gasteiger partial charge >= 0.3 is 0 Å². The Morgan fingerprint density at radius 3 is 2.42 bits per heavy atom. The summed E-state index contributed by atoms with van der Waals surface area (Å²) in [5.41, 5.74) is -0.0184. The molecular weight excluding hydrogens is 150 g/mol. The summed E-state index contributed by atoms with van der Waals surface area (Å²) in [6.07, 6.45) is 6.92. The molecule has 0 saturated carbocycles. The van der Waals surface area contributed by atoms with Gasteiger partial charge in [-0.2, -0.15) is 0 Å². The van der Waals surface area contributed by atoms with Crippen LogP contribution in [-0.4, -0.2) is 11.9 Å². The first kappa shape index (κ1) is 11.5. The van der Waals surface area contributed by atoms with Crippen molar-refractivity contribution in [2.75, 3.05) is 0 Å². The van der Waals surface area contributed by atoms with E-state index in [0.29, 0.717) is 0 Å². The Labute approximate surface area is 75.7 Å². The Hall–Kier alpha value is -0.530. The second kappa shape index (κ2) is 6.04. The van der Waals surface area contributed by atoms with Gasteiger partial charge < -0.3 is 5.32 Å². The van der Waals surface area contributed by atoms with E-state index in [0.717, 1.165) is 12.8 Å². The summed E-state index contributed by atoms with van der Waals surface area (Å²) in [5, 5.41) is 2.82. The minimum Gasteiger partial charge on any atom is -0.354 e. The largest absolute Gasteiger partial charge is 0.354 e. The standard InChI is InChI=1S/C10H21NO/c1-4-5-6-7-8-10(2,3)11-9-12/h9H,4-8H2,1-3H3,(H,11,12). The summed E-state index contributed by atoms with van der Waals surface area (Å²) in [6.45, 7) is 6.33. The Morgan fingerprint density at radius 1 is 1.25 bits per heavy atom. The van der Waals surface area contributed by atoms with Gasteiger partial charge in [0.25, 0.3) is 0 Å². The van der Waals surface area contributed by atoms with Gasteiger partial charge in [0.15, 0.2) is 0 Å². The minimum absolute atomic E-state index is 0.0184. The van der Waals surface area contributed by atoms with E-state index in [2.05, 4.69) is 26.1 Å². The van der Waals surface area contributed by atoms with Crippen molar-refractivity contribution in [1.29, 1.82) is 0 Å². The van der Waals surface area contributed by atoms with Crippen molar-refractivity contribution < 1.29 is 4.79 Å². The van der Waals surface area contributed by atoms with Crippen LogP contribution in [-0.2, 0) is 4.79 Å². The molecule has 0 unspecified atom stereocenters. The number of unbranched alkanes of at least 4 members (excludes halogenated alkanes) is 3. The normalized spacial score (nSPS) is 11.2. The maximum Gasteiger partial charge on any atom is 0.207 e. The van der Waals surface area contributed by atoms with Crippen LogP contribution in [0.1, 0.15) is 52.9 Å². The summed E-state index contributed by atoms with van der Waals surface area (Å²) >= 11 is 0. The fourth-order valence-electron chi connectivity index (χ4n) is 1.23. The molecule has 72 valence electrons. The van der Waals surface area contributed by atoms with Crippen molar-refractivity contribution in [2.45, 2.75) is 58.4 Å². The zero-order chi connectivity index (χ0) is 9.45. The molecule has 0 bridgehead atoms. The molecule has 0 fully saturated rings. The summed E-state index contributed by atoms with van der Waals surface area (Å²) in [6, 6.07) is 0. The lowest BCUT2D eigenvalue weighted by molar-refractivity contribution is -0.111. The first-order valence-electron chi connectivity index (χ1n) is 4.84. The second-order valence-electron chi connectivity index (χ2n) is 3.96. The Morgan fingerprint density at radius 2 is 1.92 bits per heavy atom. The Bertz CT molecular complexity index is 121. The molecule has 0 rings (SSSR count). The zero-order valence-electron chi connectivity index (χ0n) is 8.52. The van der Waals surface area contributed by atoms with E-state index in [1.807, 2.05) is 0 Å². The summed E-state index contributed by atoms with van der Waals surface area (Å²) in [7, 11) is 0. The Balaban J connectivity index is 3.39. The van der Waals surface area contributed by atoms with Gasteiger partial charge in [-0.15, -0.1) is 0 Å². The molecule has 0 radical (unpaired) electrons. The van der Waals surface area contributed by atoms with Crippen LogP contribution in [0.4, 0.5) is 0 Å². The number of carbonyl (C=O) groups excluding carboxylic acids is 1. The Kier molecular flexibility index (Phi) is 5.77. The molecule has 2 heteroatoms. The number of carbonyl (C=O) groups is 1. The van der Waals surface area contributed by atoms with Crippen LogP contribution in [0.5, 0.6) is 0 Å². The molecule has 0 saturated heterocycles. The molecule has 1 amide bonds. The molecule has 0 heterocycles. The molecule has 0 aliphatic rings. The van der Waals surface area contributed by atoms with Crippen LogP contribution in [0.15, 0.2) is 0 Å². The average molecular weight is 171 g/mol. The topological polar surface area (TPSA) is 29.1 Å². The molecule has 0 aliphatic heterocycles. The lowest BCUT2D eigenvalue weighted by atomic mass is 9.97. The fraction of sp³-hybridized carbons (Fsp3) is 0.900. The van der Waals surface area contributed by atoms with Crippen molar-refractivity contribution in [2.24, 2.45) is 0 Å². The van der Waals surface area contributed by atoms with Crippen LogP contribution in [0.2, 0.25) is 0 Å². The number of rotatable bonds is 7. The van der Waals surface area contributed by atoms with Gasteiger partial charge in [-0.25, -0.2) is 0 Å². The van der Waals surface area contributed by atoms with E-state index < -0.39 is 0 Å². The molecule has 0 aliphatic carbocycles. The second-order valence-corrected chi connectivity index (χ2v) is 3.96. The third-order valence-corrected chi connectivity index (χ3v) is 2.10. The van der Waals surface area contributed by atoms with Crippen LogP contribution in [0.25, 0.3) is 0 Å². The summed E-state index contributed by atoms with van der Waals surface area (Å²) < 4.78 is 0. The fourth-order valence-corrected chi connectivity index (χ4v) is 1.23. The van der Waals surface area contributed by atoms with Crippen molar-refractivity contribution in [3.05, 3.63) is 0 Å². The first-order valence-corrected chi connectivity index (χ1v) is 4.84. The molecule has 1 N–H and O–H groups in total. The lowest BCUT2D eigenvalue weighted by Gasteiger charge is -2.23. The molecule has 0 atom stereocenters. The number of hydrogen-bond donors (Lipinski definition) is 1. The molecule has 0 aromatic carbocycles. The van der Waals surface area contributed by atoms with Gasteiger partial charge in [-0.05, 0) is 20.3 Å². The van der Waals surface area contributed by atoms with Gasteiger partial charge in [0.05, 0.1) is 0 Å². The van der Waals surface area contributed by atoms with E-state index in [1.54, 1.807) is 0 Å². The first-order chi connectivity index (χ1) is 5.62. The minimum atomic E-state index is -0.0184. The number of amides is 1. The van der Waals surface area contributed by atoms with Crippen molar-refractivity contribution in [3.63, 3.8) is 0 Å². The van der Waals surface area contributed by atoms with Crippen LogP contribution in [0.3, 0.4) is 0 Å². The van der Waals surface area contributed by atoms with Crippen molar-refractivity contribution in [1.82, 2.24) is 5.32 Å². The van der Waals surface area contributed by atoms with Crippen LogP contribution in [0, 0.1) is 0 Å². The maximum absolute atomic E-state index is 10.2. The van der Waals surface area contributed by atoms with E-state index in [4.69, 9.17) is 0 Å². The van der Waals surface area contributed by atoms with Gasteiger partial charge in [0.1, 0.15) is 0 Å². The van der Waals surface area contributed by atoms with Gasteiger partial charge in [0, 0.05) is 5.54 Å². The molecule has 0 aromatic heterocycles. The van der Waals surface area contributed by atoms with Crippen LogP contribution >= 0.6 is 0 Å². The lowest BCUT2D eigenvalue weighted by Crippen LogP contribution is -2.37.